The number of Topliss-reactive ketones (excluding diaryl/α,β-unsaturated/α-hetero) is 1. The van der Waals surface area contributed by atoms with E-state index < -0.39 is 23.0 Å². The number of carbonyl (C=O) groups is 1. The summed E-state index contributed by atoms with van der Waals surface area (Å²) in [4.78, 5) is 23.5. The van der Waals surface area contributed by atoms with Gasteiger partial charge in [-0.3, -0.25) is 9.59 Å². The Balaban J connectivity index is 2.40. The fourth-order valence-electron chi connectivity index (χ4n) is 1.81. The standard InChI is InChI=1S/C14H11F2NO2/c1-9-4-2-7-13(19)17(9)8-12(18)14-10(15)5-3-6-11(14)16/h2-7H,8H2,1H3. The minimum atomic E-state index is -0.924. The van der Waals surface area contributed by atoms with Gasteiger partial charge in [0.05, 0.1) is 12.1 Å². The monoisotopic (exact) mass is 263 g/mol. The summed E-state index contributed by atoms with van der Waals surface area (Å²) in [5, 5.41) is 0. The van der Waals surface area contributed by atoms with E-state index in [1.165, 1.54) is 16.7 Å². The summed E-state index contributed by atoms with van der Waals surface area (Å²) in [6.07, 6.45) is 0. The lowest BCUT2D eigenvalue weighted by Gasteiger charge is -2.09. The summed E-state index contributed by atoms with van der Waals surface area (Å²) >= 11 is 0. The molecule has 0 unspecified atom stereocenters. The van der Waals surface area contributed by atoms with E-state index in [-0.39, 0.29) is 12.1 Å². The van der Waals surface area contributed by atoms with E-state index in [1.807, 2.05) is 0 Å². The first kappa shape index (κ1) is 13.1. The summed E-state index contributed by atoms with van der Waals surface area (Å²) < 4.78 is 28.1. The van der Waals surface area contributed by atoms with Crippen LogP contribution in [-0.4, -0.2) is 10.4 Å². The first-order valence-corrected chi connectivity index (χ1v) is 5.64. The molecule has 0 aliphatic heterocycles. The van der Waals surface area contributed by atoms with Crippen molar-refractivity contribution >= 4 is 5.78 Å². The molecule has 5 heteroatoms. The smallest absolute Gasteiger partial charge is 0.251 e. The van der Waals surface area contributed by atoms with Crippen LogP contribution in [0.3, 0.4) is 0 Å². The van der Waals surface area contributed by atoms with Crippen LogP contribution in [0.5, 0.6) is 0 Å². The van der Waals surface area contributed by atoms with E-state index in [4.69, 9.17) is 0 Å². The zero-order valence-electron chi connectivity index (χ0n) is 10.2. The van der Waals surface area contributed by atoms with E-state index in [9.17, 15) is 18.4 Å². The normalized spacial score (nSPS) is 10.5. The predicted octanol–water partition coefficient (Wildman–Crippen LogP) is 2.32. The van der Waals surface area contributed by atoms with Crippen LogP contribution in [0.4, 0.5) is 8.78 Å². The Bertz CT molecular complexity index is 672. The van der Waals surface area contributed by atoms with Gasteiger partial charge < -0.3 is 4.57 Å². The lowest BCUT2D eigenvalue weighted by molar-refractivity contribution is 0.0961. The molecule has 1 heterocycles. The molecule has 19 heavy (non-hydrogen) atoms. The number of nitrogens with zero attached hydrogens (tertiary/aromatic N) is 1. The third kappa shape index (κ3) is 2.59. The fourth-order valence-corrected chi connectivity index (χ4v) is 1.81. The Kier molecular flexibility index (Phi) is 3.55. The lowest BCUT2D eigenvalue weighted by Crippen LogP contribution is -2.26. The summed E-state index contributed by atoms with van der Waals surface area (Å²) in [7, 11) is 0. The first-order chi connectivity index (χ1) is 9.00. The molecule has 1 aromatic heterocycles. The van der Waals surface area contributed by atoms with Crippen molar-refractivity contribution in [1.82, 2.24) is 4.57 Å². The van der Waals surface area contributed by atoms with Crippen LogP contribution < -0.4 is 5.56 Å². The minimum Gasteiger partial charge on any atom is -0.305 e. The molecular weight excluding hydrogens is 252 g/mol. The van der Waals surface area contributed by atoms with Gasteiger partial charge >= 0.3 is 0 Å². The Morgan fingerprint density at radius 3 is 2.26 bits per heavy atom. The number of hydrogen-bond donors (Lipinski definition) is 0. The number of rotatable bonds is 3. The Hall–Kier alpha value is -2.30. The van der Waals surface area contributed by atoms with Gasteiger partial charge in [-0.05, 0) is 25.1 Å². The van der Waals surface area contributed by atoms with Crippen molar-refractivity contribution in [2.24, 2.45) is 0 Å². The third-order valence-corrected chi connectivity index (χ3v) is 2.81. The Morgan fingerprint density at radius 2 is 1.68 bits per heavy atom. The average molecular weight is 263 g/mol. The molecule has 0 N–H and O–H groups in total. The van der Waals surface area contributed by atoms with Crippen molar-refractivity contribution in [3.8, 4) is 0 Å². The van der Waals surface area contributed by atoms with Crippen LogP contribution in [0, 0.1) is 18.6 Å². The van der Waals surface area contributed by atoms with Crippen LogP contribution in [0.2, 0.25) is 0 Å². The number of aromatic nitrogens is 1. The van der Waals surface area contributed by atoms with E-state index in [0.717, 1.165) is 12.1 Å². The summed E-state index contributed by atoms with van der Waals surface area (Å²) in [5.41, 5.74) is -0.444. The maximum atomic E-state index is 13.5. The molecular formula is C14H11F2NO2. The van der Waals surface area contributed by atoms with E-state index in [2.05, 4.69) is 0 Å². The van der Waals surface area contributed by atoms with E-state index in [0.29, 0.717) is 5.69 Å². The van der Waals surface area contributed by atoms with Gasteiger partial charge in [0, 0.05) is 11.8 Å². The average Bonchev–Trinajstić information content (AvgIpc) is 2.34. The zero-order valence-corrected chi connectivity index (χ0v) is 10.2. The fraction of sp³-hybridized carbons (Fsp3) is 0.143. The quantitative estimate of drug-likeness (QED) is 0.797. The van der Waals surface area contributed by atoms with Crippen molar-refractivity contribution in [3.63, 3.8) is 0 Å². The number of halogens is 2. The van der Waals surface area contributed by atoms with Crippen molar-refractivity contribution < 1.29 is 13.6 Å². The number of ketones is 1. The third-order valence-electron chi connectivity index (χ3n) is 2.81. The van der Waals surface area contributed by atoms with Gasteiger partial charge in [0.1, 0.15) is 11.6 Å². The highest BCUT2D eigenvalue weighted by Crippen LogP contribution is 2.13. The molecule has 0 atom stereocenters. The number of carbonyl (C=O) groups excluding carboxylic acids is 1. The maximum Gasteiger partial charge on any atom is 0.251 e. The van der Waals surface area contributed by atoms with Crippen molar-refractivity contribution in [2.75, 3.05) is 0 Å². The summed E-state index contributed by atoms with van der Waals surface area (Å²) in [5.74, 6) is -2.62. The molecule has 0 fully saturated rings. The Labute approximate surface area is 108 Å². The topological polar surface area (TPSA) is 39.1 Å². The van der Waals surface area contributed by atoms with Gasteiger partial charge in [-0.1, -0.05) is 12.1 Å². The summed E-state index contributed by atoms with van der Waals surface area (Å²) in [6, 6.07) is 7.70. The van der Waals surface area contributed by atoms with Gasteiger partial charge in [0.25, 0.3) is 5.56 Å². The highest BCUT2D eigenvalue weighted by atomic mass is 19.1. The number of pyridine rings is 1. The van der Waals surface area contributed by atoms with Gasteiger partial charge in [0.2, 0.25) is 0 Å². The minimum absolute atomic E-state index is 0.384. The molecule has 0 radical (unpaired) electrons. The number of hydrogen-bond acceptors (Lipinski definition) is 2. The molecule has 1 aromatic carbocycles. The SMILES string of the molecule is Cc1cccc(=O)n1CC(=O)c1c(F)cccc1F. The highest BCUT2D eigenvalue weighted by molar-refractivity contribution is 5.96. The molecule has 0 amide bonds. The second-order valence-corrected chi connectivity index (χ2v) is 4.11. The molecule has 2 aromatic rings. The molecule has 0 bridgehead atoms. The van der Waals surface area contributed by atoms with Crippen LogP contribution in [0.15, 0.2) is 41.2 Å². The second-order valence-electron chi connectivity index (χ2n) is 4.11. The van der Waals surface area contributed by atoms with Crippen LogP contribution in [0.25, 0.3) is 0 Å². The van der Waals surface area contributed by atoms with Gasteiger partial charge in [-0.2, -0.15) is 0 Å². The first-order valence-electron chi connectivity index (χ1n) is 5.64. The lowest BCUT2D eigenvalue weighted by atomic mass is 10.1. The number of aryl methyl sites for hydroxylation is 1. The largest absolute Gasteiger partial charge is 0.305 e. The van der Waals surface area contributed by atoms with Crippen molar-refractivity contribution in [2.45, 2.75) is 13.5 Å². The van der Waals surface area contributed by atoms with E-state index in [1.54, 1.807) is 19.1 Å². The maximum absolute atomic E-state index is 13.5. The zero-order chi connectivity index (χ0) is 14.0. The van der Waals surface area contributed by atoms with Gasteiger partial charge in [-0.15, -0.1) is 0 Å². The molecule has 0 saturated heterocycles. The van der Waals surface area contributed by atoms with Crippen LogP contribution in [0.1, 0.15) is 16.1 Å². The van der Waals surface area contributed by atoms with Crippen LogP contribution >= 0.6 is 0 Å². The molecule has 0 spiro atoms. The molecule has 3 nitrogen and oxygen atoms in total. The highest BCUT2D eigenvalue weighted by Gasteiger charge is 2.18. The molecule has 98 valence electrons. The Morgan fingerprint density at radius 1 is 1.11 bits per heavy atom. The van der Waals surface area contributed by atoms with E-state index >= 15 is 0 Å². The molecule has 0 aliphatic rings. The summed E-state index contributed by atoms with van der Waals surface area (Å²) in [6.45, 7) is 1.26. The van der Waals surface area contributed by atoms with Crippen molar-refractivity contribution in [1.29, 1.82) is 0 Å². The molecule has 2 rings (SSSR count). The number of benzene rings is 1. The van der Waals surface area contributed by atoms with Gasteiger partial charge in [0.15, 0.2) is 5.78 Å². The van der Waals surface area contributed by atoms with Gasteiger partial charge in [-0.25, -0.2) is 8.78 Å². The second kappa shape index (κ2) is 5.14. The molecule has 0 saturated carbocycles. The predicted molar refractivity (Wildman–Crippen MR) is 66.1 cm³/mol. The van der Waals surface area contributed by atoms with Crippen LogP contribution in [-0.2, 0) is 6.54 Å². The molecule has 0 aliphatic carbocycles. The van der Waals surface area contributed by atoms with Crippen molar-refractivity contribution in [3.05, 3.63) is 69.6 Å².